The van der Waals surface area contributed by atoms with E-state index >= 15 is 0 Å². The first-order valence-electron chi connectivity index (χ1n) is 9.89. The lowest BCUT2D eigenvalue weighted by atomic mass is 10.0. The maximum absolute atomic E-state index is 12.9. The number of carbonyl (C=O) groups excluding carboxylic acids is 1. The van der Waals surface area contributed by atoms with Crippen LogP contribution in [0.5, 0.6) is 0 Å². The van der Waals surface area contributed by atoms with Gasteiger partial charge in [-0.2, -0.15) is 10.1 Å². The number of aryl methyl sites for hydroxylation is 2. The van der Waals surface area contributed by atoms with Gasteiger partial charge in [0.2, 0.25) is 11.9 Å². The normalized spacial score (nSPS) is 16.9. The largest absolute Gasteiger partial charge is 0.341 e. The zero-order valence-electron chi connectivity index (χ0n) is 16.9. The lowest BCUT2D eigenvalue weighted by Gasteiger charge is -2.34. The molecule has 0 saturated carbocycles. The predicted molar refractivity (Wildman–Crippen MR) is 110 cm³/mol. The highest BCUT2D eigenvalue weighted by atomic mass is 16.2. The van der Waals surface area contributed by atoms with Crippen molar-refractivity contribution in [1.82, 2.24) is 29.2 Å². The van der Waals surface area contributed by atoms with Crippen LogP contribution in [0.15, 0.2) is 29.3 Å². The SMILES string of the molecule is CCC(=O)N1CCC[C@@H](n2c(=O)cc(C)c3cnc(Nc4ccn(C)n4)nc32)C1. The number of hydrogen-bond donors (Lipinski definition) is 1. The number of anilines is 2. The van der Waals surface area contributed by atoms with Crippen LogP contribution in [0.3, 0.4) is 0 Å². The topological polar surface area (TPSA) is 97.9 Å². The number of fused-ring (bicyclic) bond motifs is 1. The fourth-order valence-corrected chi connectivity index (χ4v) is 3.90. The Kier molecular flexibility index (Phi) is 5.04. The highest BCUT2D eigenvalue weighted by Gasteiger charge is 2.26. The number of rotatable bonds is 4. The minimum Gasteiger partial charge on any atom is -0.341 e. The van der Waals surface area contributed by atoms with Crippen molar-refractivity contribution in [2.24, 2.45) is 7.05 Å². The number of likely N-dealkylation sites (tertiary alicyclic amines) is 1. The van der Waals surface area contributed by atoms with Gasteiger partial charge in [0.25, 0.3) is 5.56 Å². The van der Waals surface area contributed by atoms with Gasteiger partial charge in [0, 0.05) is 56.5 Å². The second-order valence-electron chi connectivity index (χ2n) is 7.46. The van der Waals surface area contributed by atoms with Crippen molar-refractivity contribution in [2.45, 2.75) is 39.2 Å². The Morgan fingerprint density at radius 1 is 1.38 bits per heavy atom. The highest BCUT2D eigenvalue weighted by Crippen LogP contribution is 2.25. The van der Waals surface area contributed by atoms with Crippen LogP contribution in [0, 0.1) is 6.92 Å². The number of nitrogens with zero attached hydrogens (tertiary/aromatic N) is 6. The molecule has 0 bridgehead atoms. The number of aromatic nitrogens is 5. The number of amides is 1. The maximum Gasteiger partial charge on any atom is 0.252 e. The molecule has 1 atom stereocenters. The Morgan fingerprint density at radius 3 is 2.93 bits per heavy atom. The van der Waals surface area contributed by atoms with Crippen LogP contribution in [0.2, 0.25) is 0 Å². The van der Waals surface area contributed by atoms with Gasteiger partial charge in [-0.1, -0.05) is 6.92 Å². The summed E-state index contributed by atoms with van der Waals surface area (Å²) >= 11 is 0. The van der Waals surface area contributed by atoms with E-state index in [0.717, 1.165) is 30.3 Å². The molecule has 152 valence electrons. The number of carbonyl (C=O) groups is 1. The molecule has 1 fully saturated rings. The lowest BCUT2D eigenvalue weighted by Crippen LogP contribution is -2.42. The van der Waals surface area contributed by atoms with Gasteiger partial charge in [0.15, 0.2) is 5.82 Å². The number of piperidine rings is 1. The Morgan fingerprint density at radius 2 is 2.21 bits per heavy atom. The van der Waals surface area contributed by atoms with E-state index in [2.05, 4.69) is 20.4 Å². The molecule has 0 aliphatic carbocycles. The first kappa shape index (κ1) is 19.1. The number of pyridine rings is 1. The Balaban J connectivity index is 1.76. The van der Waals surface area contributed by atoms with Gasteiger partial charge >= 0.3 is 0 Å². The van der Waals surface area contributed by atoms with Gasteiger partial charge < -0.3 is 10.2 Å². The smallest absolute Gasteiger partial charge is 0.252 e. The number of nitrogens with one attached hydrogen (secondary N) is 1. The zero-order valence-corrected chi connectivity index (χ0v) is 16.9. The molecule has 3 aromatic rings. The minimum absolute atomic E-state index is 0.103. The second-order valence-corrected chi connectivity index (χ2v) is 7.46. The van der Waals surface area contributed by atoms with Gasteiger partial charge in [-0.25, -0.2) is 4.98 Å². The van der Waals surface area contributed by atoms with Crippen molar-refractivity contribution < 1.29 is 4.79 Å². The standard InChI is InChI=1S/C20H25N7O2/c1-4-17(28)26-8-5-6-14(12-26)27-18(29)10-13(2)15-11-21-20(23-19(15)27)22-16-7-9-25(3)24-16/h7,9-11,14H,4-6,8,12H2,1-3H3,(H,21,22,23,24)/t14-/m1/s1. The summed E-state index contributed by atoms with van der Waals surface area (Å²) in [5.41, 5.74) is 1.32. The van der Waals surface area contributed by atoms with Gasteiger partial charge in [0.05, 0.1) is 6.04 Å². The highest BCUT2D eigenvalue weighted by molar-refractivity contribution is 5.79. The molecular formula is C20H25N7O2. The lowest BCUT2D eigenvalue weighted by molar-refractivity contribution is -0.132. The molecule has 1 aliphatic heterocycles. The second kappa shape index (κ2) is 7.65. The first-order valence-corrected chi connectivity index (χ1v) is 9.89. The van der Waals surface area contributed by atoms with Crippen molar-refractivity contribution in [1.29, 1.82) is 0 Å². The molecule has 1 amide bonds. The summed E-state index contributed by atoms with van der Waals surface area (Å²) in [7, 11) is 1.83. The molecule has 0 radical (unpaired) electrons. The quantitative estimate of drug-likeness (QED) is 0.727. The molecule has 1 aliphatic rings. The van der Waals surface area contributed by atoms with Gasteiger partial charge in [-0.05, 0) is 25.3 Å². The Labute approximate surface area is 168 Å². The molecule has 0 aromatic carbocycles. The van der Waals surface area contributed by atoms with Crippen LogP contribution in [0.25, 0.3) is 11.0 Å². The van der Waals surface area contributed by atoms with Crippen molar-refractivity contribution in [2.75, 3.05) is 18.4 Å². The predicted octanol–water partition coefficient (Wildman–Crippen LogP) is 2.15. The molecule has 0 spiro atoms. The minimum atomic E-state index is -0.104. The summed E-state index contributed by atoms with van der Waals surface area (Å²) in [6, 6.07) is 3.34. The third-order valence-electron chi connectivity index (χ3n) is 5.37. The molecule has 4 heterocycles. The van der Waals surface area contributed by atoms with E-state index in [-0.39, 0.29) is 17.5 Å². The third kappa shape index (κ3) is 3.72. The molecule has 29 heavy (non-hydrogen) atoms. The monoisotopic (exact) mass is 395 g/mol. The zero-order chi connectivity index (χ0) is 20.5. The van der Waals surface area contributed by atoms with Crippen LogP contribution in [0.4, 0.5) is 11.8 Å². The number of hydrogen-bond acceptors (Lipinski definition) is 6. The molecular weight excluding hydrogens is 370 g/mol. The first-order chi connectivity index (χ1) is 14.0. The molecule has 9 heteroatoms. The average molecular weight is 395 g/mol. The van der Waals surface area contributed by atoms with Crippen LogP contribution in [-0.2, 0) is 11.8 Å². The van der Waals surface area contributed by atoms with Crippen LogP contribution in [-0.4, -0.2) is 48.2 Å². The summed E-state index contributed by atoms with van der Waals surface area (Å²) in [6.07, 6.45) is 5.72. The molecule has 0 unspecified atom stereocenters. The van der Waals surface area contributed by atoms with Crippen molar-refractivity contribution in [3.8, 4) is 0 Å². The van der Waals surface area contributed by atoms with E-state index in [9.17, 15) is 9.59 Å². The van der Waals surface area contributed by atoms with Crippen molar-refractivity contribution >= 4 is 28.7 Å². The summed E-state index contributed by atoms with van der Waals surface area (Å²) in [4.78, 5) is 36.0. The fraction of sp³-hybridized carbons (Fsp3) is 0.450. The third-order valence-corrected chi connectivity index (χ3v) is 5.37. The molecule has 4 rings (SSSR count). The summed E-state index contributed by atoms with van der Waals surface area (Å²) in [5.74, 6) is 1.13. The maximum atomic E-state index is 12.9. The van der Waals surface area contributed by atoms with E-state index in [1.165, 1.54) is 0 Å². The van der Waals surface area contributed by atoms with Gasteiger partial charge in [0.1, 0.15) is 5.65 Å². The summed E-state index contributed by atoms with van der Waals surface area (Å²) < 4.78 is 3.41. The van der Waals surface area contributed by atoms with Crippen LogP contribution in [0.1, 0.15) is 37.8 Å². The van der Waals surface area contributed by atoms with E-state index in [1.807, 2.05) is 38.1 Å². The molecule has 9 nitrogen and oxygen atoms in total. The summed E-state index contributed by atoms with van der Waals surface area (Å²) in [6.45, 7) is 5.01. The van der Waals surface area contributed by atoms with Gasteiger partial charge in [-0.3, -0.25) is 18.8 Å². The van der Waals surface area contributed by atoms with Gasteiger partial charge in [-0.15, -0.1) is 0 Å². The molecule has 1 N–H and O–H groups in total. The molecule has 3 aromatic heterocycles. The van der Waals surface area contributed by atoms with E-state index < -0.39 is 0 Å². The Hall–Kier alpha value is -3.23. The van der Waals surface area contributed by atoms with Crippen LogP contribution < -0.4 is 10.9 Å². The van der Waals surface area contributed by atoms with E-state index in [4.69, 9.17) is 0 Å². The van der Waals surface area contributed by atoms with Crippen molar-refractivity contribution in [3.63, 3.8) is 0 Å². The average Bonchev–Trinajstić information content (AvgIpc) is 3.12. The van der Waals surface area contributed by atoms with Crippen molar-refractivity contribution in [3.05, 3.63) is 40.4 Å². The van der Waals surface area contributed by atoms with E-state index in [0.29, 0.717) is 30.4 Å². The fourth-order valence-electron chi connectivity index (χ4n) is 3.90. The van der Waals surface area contributed by atoms with E-state index in [1.54, 1.807) is 21.5 Å². The molecule has 1 saturated heterocycles. The Bertz CT molecular complexity index is 1120. The summed E-state index contributed by atoms with van der Waals surface area (Å²) in [5, 5.41) is 8.20. The van der Waals surface area contributed by atoms with Crippen LogP contribution >= 0.6 is 0 Å².